The minimum absolute atomic E-state index is 0.0606. The predicted molar refractivity (Wildman–Crippen MR) is 36.6 cm³/mol. The monoisotopic (exact) mass is 146 g/mol. The van der Waals surface area contributed by atoms with E-state index in [1.807, 2.05) is 0 Å². The molecule has 0 aromatic rings. The minimum Gasteiger partial charge on any atom is -0.393 e. The normalized spacial score (nSPS) is 23.4. The second-order valence-electron chi connectivity index (χ2n) is 2.60. The molecule has 0 aliphatic carbocycles. The first-order chi connectivity index (χ1) is 4.79. The molecule has 10 heavy (non-hydrogen) atoms. The fourth-order valence-corrected chi connectivity index (χ4v) is 0.951. The van der Waals surface area contributed by atoms with Crippen LogP contribution in [0.15, 0.2) is 0 Å². The van der Waals surface area contributed by atoms with Crippen LogP contribution in [-0.4, -0.2) is 30.7 Å². The standard InChI is InChI=1S/C7H14O3/c1-6(8)2-3-7-9-4-5-10-7/h6-8H,2-5H2,1H3/t6-/m0/s1. The van der Waals surface area contributed by atoms with E-state index < -0.39 is 0 Å². The van der Waals surface area contributed by atoms with Crippen molar-refractivity contribution in [2.24, 2.45) is 0 Å². The molecule has 0 aromatic heterocycles. The molecule has 60 valence electrons. The van der Waals surface area contributed by atoms with Gasteiger partial charge in [-0.15, -0.1) is 0 Å². The highest BCUT2D eigenvalue weighted by molar-refractivity contribution is 4.55. The zero-order valence-electron chi connectivity index (χ0n) is 6.25. The fourth-order valence-electron chi connectivity index (χ4n) is 0.951. The van der Waals surface area contributed by atoms with Gasteiger partial charge in [0.1, 0.15) is 0 Å². The quantitative estimate of drug-likeness (QED) is 0.631. The molecule has 1 N–H and O–H groups in total. The summed E-state index contributed by atoms with van der Waals surface area (Å²) in [6.07, 6.45) is 1.25. The van der Waals surface area contributed by atoms with Crippen molar-refractivity contribution in [1.82, 2.24) is 0 Å². The van der Waals surface area contributed by atoms with Crippen LogP contribution in [0.3, 0.4) is 0 Å². The van der Waals surface area contributed by atoms with Crippen molar-refractivity contribution in [1.29, 1.82) is 0 Å². The van der Waals surface area contributed by atoms with Crippen LogP contribution < -0.4 is 0 Å². The minimum atomic E-state index is -0.243. The summed E-state index contributed by atoms with van der Waals surface area (Å²) in [6, 6.07) is 0. The van der Waals surface area contributed by atoms with E-state index in [2.05, 4.69) is 0 Å². The van der Waals surface area contributed by atoms with Crippen LogP contribution in [0.2, 0.25) is 0 Å². The van der Waals surface area contributed by atoms with E-state index in [0.29, 0.717) is 13.2 Å². The molecule has 0 radical (unpaired) electrons. The summed E-state index contributed by atoms with van der Waals surface area (Å²) in [7, 11) is 0. The maximum absolute atomic E-state index is 8.90. The molecule has 1 aliphatic heterocycles. The van der Waals surface area contributed by atoms with Crippen molar-refractivity contribution in [3.8, 4) is 0 Å². The largest absolute Gasteiger partial charge is 0.393 e. The number of aliphatic hydroxyl groups is 1. The Labute approximate surface area is 60.9 Å². The number of aliphatic hydroxyl groups excluding tert-OH is 1. The van der Waals surface area contributed by atoms with Gasteiger partial charge in [0.15, 0.2) is 6.29 Å². The van der Waals surface area contributed by atoms with Crippen molar-refractivity contribution in [2.45, 2.75) is 32.2 Å². The molecule has 0 unspecified atom stereocenters. The number of ether oxygens (including phenoxy) is 2. The van der Waals surface area contributed by atoms with Gasteiger partial charge >= 0.3 is 0 Å². The molecule has 0 saturated carbocycles. The summed E-state index contributed by atoms with van der Waals surface area (Å²) in [5.74, 6) is 0. The molecule has 3 nitrogen and oxygen atoms in total. The van der Waals surface area contributed by atoms with Gasteiger partial charge in [-0.1, -0.05) is 0 Å². The molecule has 1 heterocycles. The maximum Gasteiger partial charge on any atom is 0.157 e. The molecule has 1 fully saturated rings. The molecule has 0 amide bonds. The summed E-state index contributed by atoms with van der Waals surface area (Å²) >= 11 is 0. The molecule has 3 heteroatoms. The van der Waals surface area contributed by atoms with E-state index >= 15 is 0 Å². The second-order valence-corrected chi connectivity index (χ2v) is 2.60. The lowest BCUT2D eigenvalue weighted by Gasteiger charge is -2.09. The van der Waals surface area contributed by atoms with E-state index in [9.17, 15) is 0 Å². The molecular formula is C7H14O3. The molecule has 1 saturated heterocycles. The van der Waals surface area contributed by atoms with E-state index in [-0.39, 0.29) is 12.4 Å². The van der Waals surface area contributed by atoms with Gasteiger partial charge in [-0.25, -0.2) is 0 Å². The van der Waals surface area contributed by atoms with Crippen LogP contribution in [0.25, 0.3) is 0 Å². The van der Waals surface area contributed by atoms with E-state index in [4.69, 9.17) is 14.6 Å². The zero-order valence-corrected chi connectivity index (χ0v) is 6.25. The lowest BCUT2D eigenvalue weighted by Crippen LogP contribution is -2.11. The molecule has 1 aliphatic rings. The summed E-state index contributed by atoms with van der Waals surface area (Å²) in [4.78, 5) is 0. The van der Waals surface area contributed by atoms with Gasteiger partial charge in [0, 0.05) is 6.42 Å². The van der Waals surface area contributed by atoms with Gasteiger partial charge in [-0.05, 0) is 13.3 Å². The Bertz CT molecular complexity index is 86.9. The van der Waals surface area contributed by atoms with E-state index in [1.165, 1.54) is 0 Å². The van der Waals surface area contributed by atoms with Crippen molar-refractivity contribution < 1.29 is 14.6 Å². The van der Waals surface area contributed by atoms with Gasteiger partial charge in [0.2, 0.25) is 0 Å². The average Bonchev–Trinajstić information content (AvgIpc) is 2.34. The van der Waals surface area contributed by atoms with Crippen LogP contribution in [-0.2, 0) is 9.47 Å². The molecular weight excluding hydrogens is 132 g/mol. The van der Waals surface area contributed by atoms with E-state index in [1.54, 1.807) is 6.92 Å². The Morgan fingerprint density at radius 1 is 1.50 bits per heavy atom. The fraction of sp³-hybridized carbons (Fsp3) is 1.00. The van der Waals surface area contributed by atoms with Crippen LogP contribution in [0.5, 0.6) is 0 Å². The third kappa shape index (κ3) is 2.64. The van der Waals surface area contributed by atoms with Crippen LogP contribution >= 0.6 is 0 Å². The lowest BCUT2D eigenvalue weighted by molar-refractivity contribution is -0.0531. The topological polar surface area (TPSA) is 38.7 Å². The Morgan fingerprint density at radius 2 is 2.10 bits per heavy atom. The van der Waals surface area contributed by atoms with Crippen LogP contribution in [0.1, 0.15) is 19.8 Å². The van der Waals surface area contributed by atoms with E-state index in [0.717, 1.165) is 12.8 Å². The Kier molecular flexibility index (Phi) is 3.12. The Hall–Kier alpha value is -0.120. The highest BCUT2D eigenvalue weighted by atomic mass is 16.7. The van der Waals surface area contributed by atoms with Gasteiger partial charge in [0.25, 0.3) is 0 Å². The van der Waals surface area contributed by atoms with Gasteiger partial charge in [-0.2, -0.15) is 0 Å². The predicted octanol–water partition coefficient (Wildman–Crippen LogP) is 0.520. The van der Waals surface area contributed by atoms with Crippen molar-refractivity contribution in [3.63, 3.8) is 0 Å². The van der Waals surface area contributed by atoms with Gasteiger partial charge < -0.3 is 14.6 Å². The highest BCUT2D eigenvalue weighted by Gasteiger charge is 2.15. The summed E-state index contributed by atoms with van der Waals surface area (Å²) < 4.78 is 10.3. The highest BCUT2D eigenvalue weighted by Crippen LogP contribution is 2.11. The lowest BCUT2D eigenvalue weighted by atomic mass is 10.2. The third-order valence-electron chi connectivity index (χ3n) is 1.51. The molecule has 1 rings (SSSR count). The van der Waals surface area contributed by atoms with Gasteiger partial charge in [0.05, 0.1) is 19.3 Å². The first kappa shape index (κ1) is 7.98. The second kappa shape index (κ2) is 3.91. The number of hydrogen-bond donors (Lipinski definition) is 1. The maximum atomic E-state index is 8.90. The van der Waals surface area contributed by atoms with Crippen molar-refractivity contribution >= 4 is 0 Å². The zero-order chi connectivity index (χ0) is 7.40. The first-order valence-electron chi connectivity index (χ1n) is 3.70. The Morgan fingerprint density at radius 3 is 2.60 bits per heavy atom. The smallest absolute Gasteiger partial charge is 0.157 e. The van der Waals surface area contributed by atoms with Crippen molar-refractivity contribution in [3.05, 3.63) is 0 Å². The SMILES string of the molecule is C[C@H](O)CCC1OCCO1. The molecule has 0 spiro atoms. The summed E-state index contributed by atoms with van der Waals surface area (Å²) in [5, 5.41) is 8.90. The third-order valence-corrected chi connectivity index (χ3v) is 1.51. The Balaban J connectivity index is 2.01. The summed E-state index contributed by atoms with van der Waals surface area (Å²) in [5.41, 5.74) is 0. The van der Waals surface area contributed by atoms with Crippen LogP contribution in [0, 0.1) is 0 Å². The van der Waals surface area contributed by atoms with Crippen molar-refractivity contribution in [2.75, 3.05) is 13.2 Å². The molecule has 0 bridgehead atoms. The number of hydrogen-bond acceptors (Lipinski definition) is 3. The van der Waals surface area contributed by atoms with Gasteiger partial charge in [-0.3, -0.25) is 0 Å². The number of rotatable bonds is 3. The average molecular weight is 146 g/mol. The summed E-state index contributed by atoms with van der Waals surface area (Å²) in [6.45, 7) is 3.17. The molecule has 0 aromatic carbocycles. The first-order valence-corrected chi connectivity index (χ1v) is 3.70. The molecule has 1 atom stereocenters. The van der Waals surface area contributed by atoms with Crippen LogP contribution in [0.4, 0.5) is 0 Å².